The van der Waals surface area contributed by atoms with Crippen molar-refractivity contribution in [3.05, 3.63) is 53.3 Å². The largest absolute Gasteiger partial charge is 0.459 e. The highest BCUT2D eigenvalue weighted by atomic mass is 19.1. The van der Waals surface area contributed by atoms with Crippen molar-refractivity contribution >= 4 is 11.0 Å². The van der Waals surface area contributed by atoms with E-state index in [4.69, 9.17) is 4.42 Å². The normalized spacial score (nSPS) is 13.0. The highest BCUT2D eigenvalue weighted by molar-refractivity contribution is 5.78. The Kier molecular flexibility index (Phi) is 3.06. The van der Waals surface area contributed by atoms with Crippen LogP contribution < -0.4 is 5.32 Å². The van der Waals surface area contributed by atoms with Gasteiger partial charge in [0.15, 0.2) is 0 Å². The molecule has 3 rings (SSSR count). The molecule has 1 N–H and O–H groups in total. The van der Waals surface area contributed by atoms with Crippen molar-refractivity contribution in [3.63, 3.8) is 0 Å². The molecular weight excluding hydrogens is 257 g/mol. The van der Waals surface area contributed by atoms with Crippen LogP contribution in [0, 0.1) is 12.7 Å². The van der Waals surface area contributed by atoms with Gasteiger partial charge in [0.25, 0.3) is 0 Å². The van der Waals surface area contributed by atoms with Crippen LogP contribution in [0.5, 0.6) is 0 Å². The third-order valence-corrected chi connectivity index (χ3v) is 3.40. The summed E-state index contributed by atoms with van der Waals surface area (Å²) in [4.78, 5) is 0. The van der Waals surface area contributed by atoms with Gasteiger partial charge in [-0.3, -0.25) is 4.68 Å². The van der Waals surface area contributed by atoms with Crippen LogP contribution >= 0.6 is 0 Å². The van der Waals surface area contributed by atoms with E-state index in [0.717, 1.165) is 22.5 Å². The average Bonchev–Trinajstić information content (AvgIpc) is 2.94. The Balaban J connectivity index is 2.09. The number of rotatable bonds is 3. The Hall–Kier alpha value is -2.14. The summed E-state index contributed by atoms with van der Waals surface area (Å²) in [5.41, 5.74) is 2.63. The van der Waals surface area contributed by atoms with E-state index in [1.165, 1.54) is 12.1 Å². The van der Waals surface area contributed by atoms with Gasteiger partial charge in [-0.15, -0.1) is 0 Å². The molecule has 0 saturated heterocycles. The molecule has 0 amide bonds. The summed E-state index contributed by atoms with van der Waals surface area (Å²) < 4.78 is 20.9. The van der Waals surface area contributed by atoms with Gasteiger partial charge >= 0.3 is 0 Å². The lowest BCUT2D eigenvalue weighted by Gasteiger charge is -2.13. The number of aryl methyl sites for hydroxylation is 2. The Morgan fingerprint density at radius 1 is 1.30 bits per heavy atom. The predicted octanol–water partition coefficient (Wildman–Crippen LogP) is 2.92. The van der Waals surface area contributed by atoms with Crippen LogP contribution in [-0.2, 0) is 7.05 Å². The van der Waals surface area contributed by atoms with Gasteiger partial charge in [-0.05, 0) is 44.3 Å². The smallest absolute Gasteiger partial charge is 0.134 e. The van der Waals surface area contributed by atoms with Crippen molar-refractivity contribution in [3.8, 4) is 0 Å². The van der Waals surface area contributed by atoms with E-state index in [1.807, 2.05) is 37.8 Å². The highest BCUT2D eigenvalue weighted by Gasteiger charge is 2.20. The quantitative estimate of drug-likeness (QED) is 0.798. The van der Waals surface area contributed by atoms with E-state index in [0.29, 0.717) is 5.58 Å². The second-order valence-electron chi connectivity index (χ2n) is 4.89. The van der Waals surface area contributed by atoms with Crippen molar-refractivity contribution in [2.75, 3.05) is 7.05 Å². The maximum absolute atomic E-state index is 13.2. The van der Waals surface area contributed by atoms with Gasteiger partial charge in [0.1, 0.15) is 23.2 Å². The molecule has 0 aliphatic rings. The van der Waals surface area contributed by atoms with E-state index < -0.39 is 0 Å². The molecule has 0 bridgehead atoms. The number of hydrogen-bond acceptors (Lipinski definition) is 3. The number of halogens is 1. The average molecular weight is 273 g/mol. The third kappa shape index (κ3) is 2.10. The summed E-state index contributed by atoms with van der Waals surface area (Å²) in [5.74, 6) is 0.485. The number of hydrogen-bond donors (Lipinski definition) is 1. The molecule has 2 aromatic heterocycles. The molecule has 1 unspecified atom stereocenters. The number of nitrogens with zero attached hydrogens (tertiary/aromatic N) is 2. The molecule has 0 saturated carbocycles. The fourth-order valence-corrected chi connectivity index (χ4v) is 2.51. The zero-order valence-electron chi connectivity index (χ0n) is 11.6. The minimum absolute atomic E-state index is 0.114. The first-order valence-electron chi connectivity index (χ1n) is 6.45. The summed E-state index contributed by atoms with van der Waals surface area (Å²) in [6.07, 6.45) is 0. The van der Waals surface area contributed by atoms with Gasteiger partial charge in [-0.25, -0.2) is 4.39 Å². The lowest BCUT2D eigenvalue weighted by molar-refractivity contribution is 0.473. The van der Waals surface area contributed by atoms with Crippen LogP contribution in [0.2, 0.25) is 0 Å². The van der Waals surface area contributed by atoms with E-state index in [9.17, 15) is 4.39 Å². The van der Waals surface area contributed by atoms with Crippen LogP contribution in [0.25, 0.3) is 11.0 Å². The highest BCUT2D eigenvalue weighted by Crippen LogP contribution is 2.28. The van der Waals surface area contributed by atoms with Crippen LogP contribution in [0.15, 0.2) is 34.7 Å². The zero-order valence-corrected chi connectivity index (χ0v) is 11.6. The number of fused-ring (bicyclic) bond motifs is 1. The van der Waals surface area contributed by atoms with Crippen LogP contribution in [0.4, 0.5) is 4.39 Å². The summed E-state index contributed by atoms with van der Waals surface area (Å²) in [7, 11) is 3.76. The van der Waals surface area contributed by atoms with Crippen LogP contribution in [0.3, 0.4) is 0 Å². The molecule has 4 nitrogen and oxygen atoms in total. The summed E-state index contributed by atoms with van der Waals surface area (Å²) in [6.45, 7) is 1.95. The summed E-state index contributed by atoms with van der Waals surface area (Å²) >= 11 is 0. The van der Waals surface area contributed by atoms with Gasteiger partial charge in [0, 0.05) is 12.4 Å². The Labute approximate surface area is 116 Å². The second kappa shape index (κ2) is 4.76. The van der Waals surface area contributed by atoms with Gasteiger partial charge in [0.05, 0.1) is 11.4 Å². The van der Waals surface area contributed by atoms with Gasteiger partial charge in [-0.2, -0.15) is 5.10 Å². The van der Waals surface area contributed by atoms with Crippen molar-refractivity contribution in [2.24, 2.45) is 7.05 Å². The number of furan rings is 1. The van der Waals surface area contributed by atoms with E-state index >= 15 is 0 Å². The standard InChI is InChI=1S/C15H16FN3O/c1-9-6-12(19(3)18-9)15(17-2)14-8-10-7-11(16)4-5-13(10)20-14/h4-8,15,17H,1-3H3. The lowest BCUT2D eigenvalue weighted by atomic mass is 10.1. The molecule has 0 aliphatic carbocycles. The SMILES string of the molecule is CNC(c1cc2cc(F)ccc2o1)c1cc(C)nn1C. The minimum Gasteiger partial charge on any atom is -0.459 e. The summed E-state index contributed by atoms with van der Waals surface area (Å²) in [5, 5.41) is 8.33. The lowest BCUT2D eigenvalue weighted by Crippen LogP contribution is -2.20. The predicted molar refractivity (Wildman–Crippen MR) is 75.0 cm³/mol. The molecule has 1 aromatic carbocycles. The van der Waals surface area contributed by atoms with Gasteiger partial charge < -0.3 is 9.73 Å². The molecular formula is C15H16FN3O. The van der Waals surface area contributed by atoms with E-state index in [2.05, 4.69) is 10.4 Å². The van der Waals surface area contributed by atoms with Gasteiger partial charge in [-0.1, -0.05) is 0 Å². The Morgan fingerprint density at radius 3 is 2.75 bits per heavy atom. The minimum atomic E-state index is -0.262. The zero-order chi connectivity index (χ0) is 14.3. The first-order valence-corrected chi connectivity index (χ1v) is 6.45. The monoisotopic (exact) mass is 273 g/mol. The maximum Gasteiger partial charge on any atom is 0.134 e. The maximum atomic E-state index is 13.2. The molecule has 0 spiro atoms. The molecule has 0 radical (unpaired) electrons. The molecule has 104 valence electrons. The van der Waals surface area contributed by atoms with E-state index in [1.54, 1.807) is 6.07 Å². The molecule has 0 aliphatic heterocycles. The molecule has 0 fully saturated rings. The molecule has 2 heterocycles. The summed E-state index contributed by atoms with van der Waals surface area (Å²) in [6, 6.07) is 8.28. The van der Waals surface area contributed by atoms with E-state index in [-0.39, 0.29) is 11.9 Å². The van der Waals surface area contributed by atoms with Crippen molar-refractivity contribution < 1.29 is 8.81 Å². The number of nitrogens with one attached hydrogen (secondary N) is 1. The van der Waals surface area contributed by atoms with Crippen LogP contribution in [-0.4, -0.2) is 16.8 Å². The number of benzene rings is 1. The van der Waals surface area contributed by atoms with Crippen molar-refractivity contribution in [1.82, 2.24) is 15.1 Å². The number of aromatic nitrogens is 2. The fraction of sp³-hybridized carbons (Fsp3) is 0.267. The molecule has 20 heavy (non-hydrogen) atoms. The molecule has 1 atom stereocenters. The first kappa shape index (κ1) is 12.9. The first-order chi connectivity index (χ1) is 9.58. The fourth-order valence-electron chi connectivity index (χ4n) is 2.51. The van der Waals surface area contributed by atoms with Crippen molar-refractivity contribution in [2.45, 2.75) is 13.0 Å². The van der Waals surface area contributed by atoms with Crippen LogP contribution in [0.1, 0.15) is 23.2 Å². The second-order valence-corrected chi connectivity index (χ2v) is 4.89. The molecule has 3 aromatic rings. The molecule has 5 heteroatoms. The topological polar surface area (TPSA) is 43.0 Å². The van der Waals surface area contributed by atoms with Gasteiger partial charge in [0.2, 0.25) is 0 Å². The van der Waals surface area contributed by atoms with Crippen molar-refractivity contribution in [1.29, 1.82) is 0 Å². The third-order valence-electron chi connectivity index (χ3n) is 3.40. The Morgan fingerprint density at radius 2 is 2.10 bits per heavy atom. The Bertz CT molecular complexity index is 760.